The normalized spacial score (nSPS) is 14.7. The number of amides is 1. The number of hydrogen-bond donors (Lipinski definition) is 0. The first kappa shape index (κ1) is 19.3. The molecule has 0 heterocycles. The van der Waals surface area contributed by atoms with Gasteiger partial charge in [0.25, 0.3) is 10.0 Å². The number of allylic oxidation sites excluding steroid dienone is 1. The molecule has 0 unspecified atom stereocenters. The Morgan fingerprint density at radius 1 is 1.24 bits per heavy atom. The van der Waals surface area contributed by atoms with Crippen LogP contribution in [0, 0.1) is 5.92 Å². The standard InChI is InChI=1S/C18H25NO5S/c1-13(15-8-9-15)25(21,22)19(17(20)24-18(2,3)4)12-14-6-10-16(23-5)11-7-14/h6-7,10-11,15H,1,8-9,12H2,2-5H3. The van der Waals surface area contributed by atoms with Gasteiger partial charge in [-0.25, -0.2) is 13.2 Å². The summed E-state index contributed by atoms with van der Waals surface area (Å²) in [6, 6.07) is 6.85. The molecule has 0 saturated heterocycles. The fourth-order valence-corrected chi connectivity index (χ4v) is 3.71. The van der Waals surface area contributed by atoms with Crippen molar-refractivity contribution in [1.29, 1.82) is 0 Å². The number of nitrogens with zero attached hydrogens (tertiary/aromatic N) is 1. The van der Waals surface area contributed by atoms with Crippen molar-refractivity contribution in [2.24, 2.45) is 5.92 Å². The van der Waals surface area contributed by atoms with Gasteiger partial charge >= 0.3 is 6.09 Å². The van der Waals surface area contributed by atoms with E-state index in [9.17, 15) is 13.2 Å². The Bertz CT molecular complexity index is 743. The first-order chi connectivity index (χ1) is 11.5. The molecular weight excluding hydrogens is 342 g/mol. The molecule has 1 aliphatic carbocycles. The number of carbonyl (C=O) groups excluding carboxylic acids is 1. The van der Waals surface area contributed by atoms with Crippen LogP contribution in [0.15, 0.2) is 35.7 Å². The summed E-state index contributed by atoms with van der Waals surface area (Å²) in [5.41, 5.74) is -0.148. The lowest BCUT2D eigenvalue weighted by Gasteiger charge is -2.27. The third-order valence-corrected chi connectivity index (χ3v) is 5.59. The molecule has 0 radical (unpaired) electrons. The Labute approximate surface area is 149 Å². The second-order valence-electron chi connectivity index (χ2n) is 7.08. The van der Waals surface area contributed by atoms with E-state index in [0.29, 0.717) is 11.3 Å². The van der Waals surface area contributed by atoms with Crippen LogP contribution in [0.5, 0.6) is 5.75 Å². The van der Waals surface area contributed by atoms with Gasteiger partial charge < -0.3 is 9.47 Å². The van der Waals surface area contributed by atoms with E-state index in [1.807, 2.05) is 0 Å². The molecule has 0 atom stereocenters. The Morgan fingerprint density at radius 3 is 2.24 bits per heavy atom. The quantitative estimate of drug-likeness (QED) is 0.767. The van der Waals surface area contributed by atoms with Crippen molar-refractivity contribution in [3.05, 3.63) is 41.3 Å². The second-order valence-corrected chi connectivity index (χ2v) is 9.00. The van der Waals surface area contributed by atoms with Crippen molar-refractivity contribution < 1.29 is 22.7 Å². The largest absolute Gasteiger partial charge is 0.497 e. The fraction of sp³-hybridized carbons (Fsp3) is 0.500. The number of benzene rings is 1. The van der Waals surface area contributed by atoms with Crippen LogP contribution in [0.3, 0.4) is 0 Å². The van der Waals surface area contributed by atoms with E-state index in [-0.39, 0.29) is 17.4 Å². The van der Waals surface area contributed by atoms with Crippen molar-refractivity contribution in [3.63, 3.8) is 0 Å². The van der Waals surface area contributed by atoms with E-state index in [0.717, 1.165) is 17.1 Å². The Balaban J connectivity index is 2.30. The monoisotopic (exact) mass is 367 g/mol. The number of sulfonamides is 1. The van der Waals surface area contributed by atoms with E-state index in [1.54, 1.807) is 52.1 Å². The van der Waals surface area contributed by atoms with Gasteiger partial charge in [-0.3, -0.25) is 0 Å². The van der Waals surface area contributed by atoms with Gasteiger partial charge in [-0.2, -0.15) is 4.31 Å². The van der Waals surface area contributed by atoms with E-state index in [2.05, 4.69) is 6.58 Å². The molecule has 1 amide bonds. The average molecular weight is 367 g/mol. The van der Waals surface area contributed by atoms with Crippen molar-refractivity contribution in [3.8, 4) is 5.75 Å². The molecule has 1 saturated carbocycles. The molecule has 25 heavy (non-hydrogen) atoms. The van der Waals surface area contributed by atoms with Crippen LogP contribution in [0.1, 0.15) is 39.2 Å². The molecule has 1 fully saturated rings. The zero-order chi connectivity index (χ0) is 18.8. The predicted octanol–water partition coefficient (Wildman–Crippen LogP) is 3.69. The van der Waals surface area contributed by atoms with Crippen molar-refractivity contribution in [2.75, 3.05) is 7.11 Å². The van der Waals surface area contributed by atoms with E-state index >= 15 is 0 Å². The highest BCUT2D eigenvalue weighted by Crippen LogP contribution is 2.39. The zero-order valence-electron chi connectivity index (χ0n) is 15.1. The molecule has 2 rings (SSSR count). The lowest BCUT2D eigenvalue weighted by Crippen LogP contribution is -2.41. The summed E-state index contributed by atoms with van der Waals surface area (Å²) in [4.78, 5) is 12.6. The molecule has 1 aromatic rings. The minimum absolute atomic E-state index is 0.0758. The van der Waals surface area contributed by atoms with Gasteiger partial charge in [0.2, 0.25) is 0 Å². The van der Waals surface area contributed by atoms with Crippen LogP contribution >= 0.6 is 0 Å². The van der Waals surface area contributed by atoms with Crippen LogP contribution < -0.4 is 4.74 Å². The molecule has 0 aliphatic heterocycles. The van der Waals surface area contributed by atoms with Gasteiger partial charge in [-0.05, 0) is 57.2 Å². The van der Waals surface area contributed by atoms with E-state index in [1.165, 1.54) is 0 Å². The summed E-state index contributed by atoms with van der Waals surface area (Å²) in [5, 5.41) is 0. The van der Waals surface area contributed by atoms with Crippen LogP contribution in [-0.4, -0.2) is 31.5 Å². The second kappa shape index (κ2) is 7.07. The van der Waals surface area contributed by atoms with Crippen LogP contribution in [0.25, 0.3) is 0 Å². The lowest BCUT2D eigenvalue weighted by molar-refractivity contribution is 0.0382. The minimum Gasteiger partial charge on any atom is -0.497 e. The third-order valence-electron chi connectivity index (χ3n) is 3.74. The van der Waals surface area contributed by atoms with Gasteiger partial charge in [-0.15, -0.1) is 0 Å². The topological polar surface area (TPSA) is 72.9 Å². The number of rotatable bonds is 6. The van der Waals surface area contributed by atoms with Gasteiger partial charge in [0.15, 0.2) is 0 Å². The van der Waals surface area contributed by atoms with Gasteiger partial charge in [-0.1, -0.05) is 18.7 Å². The Hall–Kier alpha value is -2.02. The summed E-state index contributed by atoms with van der Waals surface area (Å²) in [6.07, 6.45) is 0.663. The summed E-state index contributed by atoms with van der Waals surface area (Å²) >= 11 is 0. The van der Waals surface area contributed by atoms with E-state index in [4.69, 9.17) is 9.47 Å². The Kier molecular flexibility index (Phi) is 5.46. The van der Waals surface area contributed by atoms with Crippen LogP contribution in [-0.2, 0) is 21.3 Å². The summed E-state index contributed by atoms with van der Waals surface area (Å²) in [7, 11) is -2.44. The van der Waals surface area contributed by atoms with Crippen LogP contribution in [0.4, 0.5) is 4.79 Å². The summed E-state index contributed by atoms with van der Waals surface area (Å²) in [5.74, 6) is 0.573. The number of hydrogen-bond acceptors (Lipinski definition) is 5. The minimum atomic E-state index is -3.99. The molecule has 138 valence electrons. The van der Waals surface area contributed by atoms with Crippen LogP contribution in [0.2, 0.25) is 0 Å². The van der Waals surface area contributed by atoms with E-state index < -0.39 is 21.7 Å². The highest BCUT2D eigenvalue weighted by atomic mass is 32.2. The highest BCUT2D eigenvalue weighted by molar-refractivity contribution is 7.93. The van der Waals surface area contributed by atoms with Gasteiger partial charge in [0.05, 0.1) is 18.6 Å². The maximum absolute atomic E-state index is 12.9. The highest BCUT2D eigenvalue weighted by Gasteiger charge is 2.40. The molecular formula is C18H25NO5S. The first-order valence-corrected chi connectivity index (χ1v) is 9.56. The van der Waals surface area contributed by atoms with Crippen molar-refractivity contribution in [1.82, 2.24) is 4.31 Å². The zero-order valence-corrected chi connectivity index (χ0v) is 15.9. The van der Waals surface area contributed by atoms with Gasteiger partial charge in [0.1, 0.15) is 11.4 Å². The molecule has 1 aromatic carbocycles. The number of ether oxygens (including phenoxy) is 2. The number of carbonyl (C=O) groups is 1. The predicted molar refractivity (Wildman–Crippen MR) is 95.6 cm³/mol. The molecule has 0 bridgehead atoms. The summed E-state index contributed by atoms with van der Waals surface area (Å²) < 4.78 is 36.9. The van der Waals surface area contributed by atoms with Crippen molar-refractivity contribution >= 4 is 16.1 Å². The Morgan fingerprint density at radius 2 is 1.80 bits per heavy atom. The SMILES string of the molecule is C=C(C1CC1)S(=O)(=O)N(Cc1ccc(OC)cc1)C(=O)OC(C)(C)C. The molecule has 6 nitrogen and oxygen atoms in total. The maximum Gasteiger partial charge on any atom is 0.424 e. The van der Waals surface area contributed by atoms with Crippen molar-refractivity contribution in [2.45, 2.75) is 45.8 Å². The molecule has 1 aliphatic rings. The smallest absolute Gasteiger partial charge is 0.424 e. The number of methoxy groups -OCH3 is 1. The maximum atomic E-state index is 12.9. The fourth-order valence-electron chi connectivity index (χ4n) is 2.21. The summed E-state index contributed by atoms with van der Waals surface area (Å²) in [6.45, 7) is 8.66. The average Bonchev–Trinajstić information content (AvgIpc) is 3.35. The molecule has 0 N–H and O–H groups in total. The van der Waals surface area contributed by atoms with Gasteiger partial charge in [0, 0.05) is 0 Å². The third kappa shape index (κ3) is 4.98. The lowest BCUT2D eigenvalue weighted by atomic mass is 10.2. The molecule has 0 aromatic heterocycles. The molecule has 0 spiro atoms. The molecule has 7 heteroatoms. The first-order valence-electron chi connectivity index (χ1n) is 8.12.